The number of nitrogens with two attached hydrogens (primary N) is 1. The van der Waals surface area contributed by atoms with E-state index in [0.717, 1.165) is 5.70 Å². The average molecular weight is 289 g/mol. The molecule has 4 N–H and O–H groups in total. The zero-order chi connectivity index (χ0) is 16.2. The van der Waals surface area contributed by atoms with Gasteiger partial charge in [0.15, 0.2) is 0 Å². The first kappa shape index (κ1) is 16.5. The van der Waals surface area contributed by atoms with Gasteiger partial charge in [0, 0.05) is 17.0 Å². The summed E-state index contributed by atoms with van der Waals surface area (Å²) in [6.45, 7) is 9.29. The van der Waals surface area contributed by atoms with Crippen LogP contribution in [0.5, 0.6) is 0 Å². The molecular formula is C15H19N3O3. The minimum atomic E-state index is -1.08. The van der Waals surface area contributed by atoms with E-state index in [1.54, 1.807) is 11.8 Å². The normalized spacial score (nSPS) is 11.0. The third kappa shape index (κ3) is 3.49. The monoisotopic (exact) mass is 289 g/mol. The number of nitrogen functional groups attached to an aromatic ring is 1. The van der Waals surface area contributed by atoms with Crippen LogP contribution in [0.1, 0.15) is 41.5 Å². The molecule has 0 saturated heterocycles. The number of benzene rings is 1. The second kappa shape index (κ2) is 6.71. The number of carbonyl (C=O) groups excluding carboxylic acids is 1. The summed E-state index contributed by atoms with van der Waals surface area (Å²) >= 11 is 0. The smallest absolute Gasteiger partial charge is 0.337 e. The third-order valence-electron chi connectivity index (χ3n) is 3.01. The van der Waals surface area contributed by atoms with Gasteiger partial charge >= 0.3 is 5.97 Å². The fraction of sp³-hybridized carbons (Fsp3) is 0.200. The van der Waals surface area contributed by atoms with E-state index in [0.29, 0.717) is 11.4 Å². The molecule has 0 saturated carbocycles. The standard InChI is InChI=1S/C15H19N3O3/c1-5-10(4)18(9(2)3)13-8-11(14(19)17-16)6-7-12(13)15(20)21/h5-8H,2,16H2,1,3-4H3,(H,17,19)(H,20,21)/b10-5-. The molecular weight excluding hydrogens is 270 g/mol. The molecule has 0 aliphatic rings. The minimum absolute atomic E-state index is 0.0766. The lowest BCUT2D eigenvalue weighted by Gasteiger charge is -2.27. The average Bonchev–Trinajstić information content (AvgIpc) is 2.45. The van der Waals surface area contributed by atoms with E-state index in [4.69, 9.17) is 5.84 Å². The number of allylic oxidation sites excluding steroid dienone is 3. The van der Waals surface area contributed by atoms with E-state index < -0.39 is 11.9 Å². The Kier molecular flexibility index (Phi) is 5.26. The first-order valence-electron chi connectivity index (χ1n) is 6.30. The van der Waals surface area contributed by atoms with Crippen LogP contribution in [0.25, 0.3) is 0 Å². The molecule has 21 heavy (non-hydrogen) atoms. The van der Waals surface area contributed by atoms with Crippen LogP contribution in [-0.4, -0.2) is 17.0 Å². The molecule has 6 nitrogen and oxygen atoms in total. The van der Waals surface area contributed by atoms with Crippen LogP contribution >= 0.6 is 0 Å². The zero-order valence-corrected chi connectivity index (χ0v) is 12.3. The van der Waals surface area contributed by atoms with Crippen molar-refractivity contribution in [2.24, 2.45) is 5.84 Å². The molecule has 0 aromatic heterocycles. The highest BCUT2D eigenvalue weighted by Gasteiger charge is 2.20. The summed E-state index contributed by atoms with van der Waals surface area (Å²) in [4.78, 5) is 24.7. The van der Waals surface area contributed by atoms with Crippen molar-refractivity contribution in [3.63, 3.8) is 0 Å². The number of nitrogens with zero attached hydrogens (tertiary/aromatic N) is 1. The van der Waals surface area contributed by atoms with Gasteiger partial charge in [-0.15, -0.1) is 0 Å². The highest BCUT2D eigenvalue weighted by atomic mass is 16.4. The number of hydrogen-bond donors (Lipinski definition) is 3. The molecule has 0 fully saturated rings. The molecule has 0 aliphatic carbocycles. The van der Waals surface area contributed by atoms with Gasteiger partial charge in [0.1, 0.15) is 0 Å². The van der Waals surface area contributed by atoms with Gasteiger partial charge in [-0.25, -0.2) is 10.6 Å². The molecule has 0 radical (unpaired) electrons. The Morgan fingerprint density at radius 2 is 2.00 bits per heavy atom. The molecule has 0 unspecified atom stereocenters. The summed E-state index contributed by atoms with van der Waals surface area (Å²) in [5.74, 6) is 3.54. The maximum Gasteiger partial charge on any atom is 0.337 e. The second-order valence-corrected chi connectivity index (χ2v) is 4.51. The lowest BCUT2D eigenvalue weighted by molar-refractivity contribution is 0.0697. The summed E-state index contributed by atoms with van der Waals surface area (Å²) < 4.78 is 0. The summed E-state index contributed by atoms with van der Waals surface area (Å²) in [6, 6.07) is 4.27. The maximum atomic E-state index is 11.6. The minimum Gasteiger partial charge on any atom is -0.478 e. The molecule has 0 aliphatic heterocycles. The number of aromatic carboxylic acids is 1. The van der Waals surface area contributed by atoms with E-state index in [1.807, 2.05) is 25.3 Å². The van der Waals surface area contributed by atoms with E-state index in [-0.39, 0.29) is 11.1 Å². The van der Waals surface area contributed by atoms with Crippen LogP contribution in [0, 0.1) is 0 Å². The van der Waals surface area contributed by atoms with Crippen LogP contribution < -0.4 is 16.2 Å². The number of carboxylic acid groups (broad SMARTS) is 1. The molecule has 1 rings (SSSR count). The summed E-state index contributed by atoms with van der Waals surface area (Å²) in [5, 5.41) is 9.34. The molecule has 6 heteroatoms. The Hall–Kier alpha value is -2.60. The van der Waals surface area contributed by atoms with Crippen molar-refractivity contribution in [3.8, 4) is 0 Å². The van der Waals surface area contributed by atoms with Gasteiger partial charge in [0.05, 0.1) is 11.3 Å². The fourth-order valence-electron chi connectivity index (χ4n) is 1.95. The Balaban J connectivity index is 3.58. The zero-order valence-electron chi connectivity index (χ0n) is 12.3. The molecule has 0 atom stereocenters. The molecule has 1 amide bonds. The van der Waals surface area contributed by atoms with Crippen LogP contribution in [-0.2, 0) is 0 Å². The van der Waals surface area contributed by atoms with Gasteiger partial charge in [-0.05, 0) is 39.0 Å². The summed E-state index contributed by atoms with van der Waals surface area (Å²) in [7, 11) is 0. The van der Waals surface area contributed by atoms with Crippen molar-refractivity contribution in [2.75, 3.05) is 4.90 Å². The predicted octanol–water partition coefficient (Wildman–Crippen LogP) is 2.25. The summed E-state index contributed by atoms with van der Waals surface area (Å²) in [6.07, 6.45) is 1.83. The van der Waals surface area contributed by atoms with Crippen molar-refractivity contribution in [3.05, 3.63) is 53.4 Å². The number of carboxylic acids is 1. The van der Waals surface area contributed by atoms with Crippen LogP contribution in [0.2, 0.25) is 0 Å². The van der Waals surface area contributed by atoms with Crippen molar-refractivity contribution in [1.82, 2.24) is 5.43 Å². The Bertz CT molecular complexity index is 621. The number of carbonyl (C=O) groups is 2. The number of hydrazine groups is 1. The first-order chi connectivity index (χ1) is 9.83. The molecule has 1 aromatic rings. The topological polar surface area (TPSA) is 95.7 Å². The maximum absolute atomic E-state index is 11.6. The van der Waals surface area contributed by atoms with Crippen LogP contribution in [0.15, 0.2) is 42.2 Å². The Morgan fingerprint density at radius 3 is 2.43 bits per heavy atom. The van der Waals surface area contributed by atoms with Gasteiger partial charge in [0.2, 0.25) is 0 Å². The number of rotatable bonds is 5. The molecule has 0 heterocycles. The number of amides is 1. The predicted molar refractivity (Wildman–Crippen MR) is 81.8 cm³/mol. The van der Waals surface area contributed by atoms with E-state index in [2.05, 4.69) is 6.58 Å². The Morgan fingerprint density at radius 1 is 1.38 bits per heavy atom. The molecule has 1 aromatic carbocycles. The quantitative estimate of drug-likeness (QED) is 0.439. The van der Waals surface area contributed by atoms with Crippen molar-refractivity contribution >= 4 is 17.6 Å². The SMILES string of the molecule is C=C(C)N(/C(C)=C\C)c1cc(C(=O)NN)ccc1C(=O)O. The number of hydrogen-bond acceptors (Lipinski definition) is 4. The van der Waals surface area contributed by atoms with Gasteiger partial charge in [0.25, 0.3) is 5.91 Å². The lowest BCUT2D eigenvalue weighted by Crippen LogP contribution is -2.30. The lowest BCUT2D eigenvalue weighted by atomic mass is 10.1. The van der Waals surface area contributed by atoms with Gasteiger partial charge < -0.3 is 10.0 Å². The molecule has 0 spiro atoms. The highest BCUT2D eigenvalue weighted by Crippen LogP contribution is 2.29. The van der Waals surface area contributed by atoms with Gasteiger partial charge in [-0.1, -0.05) is 12.7 Å². The van der Waals surface area contributed by atoms with E-state index >= 15 is 0 Å². The fourth-order valence-corrected chi connectivity index (χ4v) is 1.95. The number of anilines is 1. The van der Waals surface area contributed by atoms with Crippen molar-refractivity contribution in [2.45, 2.75) is 20.8 Å². The molecule has 112 valence electrons. The number of nitrogens with one attached hydrogen (secondary N) is 1. The molecule has 0 bridgehead atoms. The summed E-state index contributed by atoms with van der Waals surface area (Å²) in [5.41, 5.74) is 4.18. The Labute approximate surface area is 123 Å². The van der Waals surface area contributed by atoms with Crippen LogP contribution in [0.4, 0.5) is 5.69 Å². The first-order valence-corrected chi connectivity index (χ1v) is 6.30. The highest BCUT2D eigenvalue weighted by molar-refractivity contribution is 6.00. The second-order valence-electron chi connectivity index (χ2n) is 4.51. The van der Waals surface area contributed by atoms with Crippen molar-refractivity contribution in [1.29, 1.82) is 0 Å². The van der Waals surface area contributed by atoms with Gasteiger partial charge in [-0.3, -0.25) is 10.2 Å². The van der Waals surface area contributed by atoms with Gasteiger partial charge in [-0.2, -0.15) is 0 Å². The third-order valence-corrected chi connectivity index (χ3v) is 3.01. The van der Waals surface area contributed by atoms with E-state index in [1.165, 1.54) is 18.2 Å². The van der Waals surface area contributed by atoms with Crippen molar-refractivity contribution < 1.29 is 14.7 Å². The van der Waals surface area contributed by atoms with Crippen LogP contribution in [0.3, 0.4) is 0 Å². The van der Waals surface area contributed by atoms with E-state index in [9.17, 15) is 14.7 Å². The largest absolute Gasteiger partial charge is 0.478 e.